The van der Waals surface area contributed by atoms with Crippen molar-refractivity contribution in [2.75, 3.05) is 19.4 Å². The molecule has 0 aromatic heterocycles. The second-order valence-electron chi connectivity index (χ2n) is 11.5. The summed E-state index contributed by atoms with van der Waals surface area (Å²) < 4.78 is 17.1. The molecule has 0 spiro atoms. The van der Waals surface area contributed by atoms with Crippen LogP contribution in [0.15, 0.2) is 115 Å². The van der Waals surface area contributed by atoms with Crippen LogP contribution < -0.4 is 5.32 Å². The molecule has 2 heterocycles. The Morgan fingerprint density at radius 2 is 1.49 bits per heavy atom. The number of rotatable bonds is 11. The van der Waals surface area contributed by atoms with Gasteiger partial charge < -0.3 is 19.1 Å². The van der Waals surface area contributed by atoms with Gasteiger partial charge in [-0.2, -0.15) is 0 Å². The molecule has 12 nitrogen and oxygen atoms in total. The number of methoxy groups -OCH3 is 1. The summed E-state index contributed by atoms with van der Waals surface area (Å²) in [6.07, 6.45) is -1.78. The number of alkyl carbamates (subject to hydrolysis) is 1. The van der Waals surface area contributed by atoms with Gasteiger partial charge >= 0.3 is 12.1 Å². The second kappa shape index (κ2) is 13.9. The minimum Gasteiger partial charge on any atom is -0.452 e. The van der Waals surface area contributed by atoms with Crippen LogP contribution in [0.4, 0.5) is 10.5 Å². The van der Waals surface area contributed by atoms with Crippen LogP contribution in [0.1, 0.15) is 33.2 Å². The highest BCUT2D eigenvalue weighted by molar-refractivity contribution is 8.00. The number of esters is 1. The van der Waals surface area contributed by atoms with Gasteiger partial charge in [-0.05, 0) is 28.8 Å². The van der Waals surface area contributed by atoms with Crippen molar-refractivity contribution in [3.63, 3.8) is 0 Å². The molecule has 0 bridgehead atoms. The SMILES string of the molecule is COC1(NC(=O)OCc2ccc([N+](=O)[O-])cc2)C(=O)N2CC(C(=O)OC(c3ccccc3)c3ccccc3)(C(=O)c3ccccc3)CS[C@@H]21. The van der Waals surface area contributed by atoms with E-state index in [0.717, 1.165) is 11.8 Å². The summed E-state index contributed by atoms with van der Waals surface area (Å²) in [7, 11) is 1.27. The fraction of sp³-hybridized carbons (Fsp3) is 0.222. The number of hydrogen-bond donors (Lipinski definition) is 1. The highest BCUT2D eigenvalue weighted by Gasteiger charge is 2.69. The average Bonchev–Trinajstić information content (AvgIpc) is 3.15. The molecule has 0 aliphatic carbocycles. The number of benzene rings is 4. The highest BCUT2D eigenvalue weighted by Crippen LogP contribution is 2.49. The summed E-state index contributed by atoms with van der Waals surface area (Å²) in [6, 6.07) is 32.2. The van der Waals surface area contributed by atoms with Crippen LogP contribution >= 0.6 is 11.8 Å². The number of Topliss-reactive ketones (excluding diaryl/α,β-unsaturated/α-hetero) is 1. The number of nitro groups is 1. The number of nitrogens with zero attached hydrogens (tertiary/aromatic N) is 2. The van der Waals surface area contributed by atoms with Gasteiger partial charge in [-0.3, -0.25) is 29.8 Å². The Morgan fingerprint density at radius 1 is 0.918 bits per heavy atom. The number of thioether (sulfide) groups is 1. The molecular weight excluding hydrogens is 650 g/mol. The van der Waals surface area contributed by atoms with Crippen molar-refractivity contribution in [3.8, 4) is 0 Å². The van der Waals surface area contributed by atoms with Gasteiger partial charge in [0.2, 0.25) is 0 Å². The van der Waals surface area contributed by atoms with Crippen molar-refractivity contribution in [3.05, 3.63) is 148 Å². The van der Waals surface area contributed by atoms with Crippen LogP contribution in [0.3, 0.4) is 0 Å². The first-order valence-electron chi connectivity index (χ1n) is 15.3. The zero-order valence-electron chi connectivity index (χ0n) is 26.2. The summed E-state index contributed by atoms with van der Waals surface area (Å²) in [5.41, 5.74) is -1.51. The third-order valence-electron chi connectivity index (χ3n) is 8.56. The Bertz CT molecular complexity index is 1820. The number of amides is 2. The zero-order chi connectivity index (χ0) is 34.6. The topological polar surface area (TPSA) is 154 Å². The van der Waals surface area contributed by atoms with Crippen molar-refractivity contribution in [1.82, 2.24) is 10.2 Å². The van der Waals surface area contributed by atoms with Crippen LogP contribution in [-0.2, 0) is 30.4 Å². The zero-order valence-corrected chi connectivity index (χ0v) is 27.0. The van der Waals surface area contributed by atoms with E-state index in [9.17, 15) is 29.3 Å². The van der Waals surface area contributed by atoms with E-state index in [1.807, 2.05) is 60.7 Å². The number of nitrogens with one attached hydrogen (secondary N) is 1. The molecule has 49 heavy (non-hydrogen) atoms. The molecule has 250 valence electrons. The molecule has 13 heteroatoms. The molecule has 3 atom stereocenters. The quantitative estimate of drug-likeness (QED) is 0.0421. The van der Waals surface area contributed by atoms with E-state index in [-0.39, 0.29) is 30.2 Å². The summed E-state index contributed by atoms with van der Waals surface area (Å²) in [5.74, 6) is -2.03. The number of ether oxygens (including phenoxy) is 3. The summed E-state index contributed by atoms with van der Waals surface area (Å²) >= 11 is 1.11. The van der Waals surface area contributed by atoms with Crippen LogP contribution in [0.25, 0.3) is 0 Å². The maximum Gasteiger partial charge on any atom is 0.410 e. The number of β-lactam (4-membered cyclic amide) rings is 1. The summed E-state index contributed by atoms with van der Waals surface area (Å²) in [4.78, 5) is 67.0. The van der Waals surface area contributed by atoms with E-state index in [4.69, 9.17) is 14.2 Å². The molecule has 1 N–H and O–H groups in total. The van der Waals surface area contributed by atoms with Crippen molar-refractivity contribution in [1.29, 1.82) is 0 Å². The van der Waals surface area contributed by atoms with Gasteiger partial charge in [-0.25, -0.2) is 4.79 Å². The molecule has 2 amide bonds. The largest absolute Gasteiger partial charge is 0.452 e. The number of nitro benzene ring substituents is 1. The predicted molar refractivity (Wildman–Crippen MR) is 178 cm³/mol. The molecule has 2 aliphatic heterocycles. The summed E-state index contributed by atoms with van der Waals surface area (Å²) in [6.45, 7) is -0.527. The Hall–Kier alpha value is -5.53. The van der Waals surface area contributed by atoms with Gasteiger partial charge in [0, 0.05) is 37.1 Å². The lowest BCUT2D eigenvalue weighted by molar-refractivity contribution is -0.384. The van der Waals surface area contributed by atoms with Gasteiger partial charge in [-0.15, -0.1) is 11.8 Å². The van der Waals surface area contributed by atoms with Gasteiger partial charge in [-0.1, -0.05) is 91.0 Å². The molecule has 0 radical (unpaired) electrons. The van der Waals surface area contributed by atoms with Crippen molar-refractivity contribution in [2.45, 2.75) is 23.8 Å². The van der Waals surface area contributed by atoms with E-state index < -0.39 is 51.3 Å². The van der Waals surface area contributed by atoms with Crippen molar-refractivity contribution in [2.24, 2.45) is 5.41 Å². The first-order valence-corrected chi connectivity index (χ1v) is 16.3. The second-order valence-corrected chi connectivity index (χ2v) is 12.6. The smallest absolute Gasteiger partial charge is 0.410 e. The Balaban J connectivity index is 1.23. The molecule has 2 aliphatic rings. The minimum atomic E-state index is -1.82. The Labute approximate surface area is 285 Å². The maximum absolute atomic E-state index is 14.4. The normalized spacial score (nSPS) is 21.2. The third-order valence-corrected chi connectivity index (χ3v) is 10.1. The molecule has 6 rings (SSSR count). The maximum atomic E-state index is 14.4. The lowest BCUT2D eigenvalue weighted by Crippen LogP contribution is -2.83. The number of fused-ring (bicyclic) bond motifs is 1. The monoisotopic (exact) mass is 681 g/mol. The number of hydrogen-bond acceptors (Lipinski definition) is 10. The number of carbonyl (C=O) groups is 4. The van der Waals surface area contributed by atoms with Gasteiger partial charge in [0.1, 0.15) is 12.0 Å². The highest BCUT2D eigenvalue weighted by atomic mass is 32.2. The van der Waals surface area contributed by atoms with E-state index in [2.05, 4.69) is 5.32 Å². The van der Waals surface area contributed by atoms with Crippen LogP contribution in [0, 0.1) is 15.5 Å². The Morgan fingerprint density at radius 3 is 2.04 bits per heavy atom. The first kappa shape index (κ1) is 33.4. The van der Waals surface area contributed by atoms with Crippen molar-refractivity contribution >= 4 is 41.2 Å². The predicted octanol–water partition coefficient (Wildman–Crippen LogP) is 5.28. The lowest BCUT2D eigenvalue weighted by Gasteiger charge is -2.58. The van der Waals surface area contributed by atoms with Crippen LogP contribution in [-0.4, -0.2) is 64.1 Å². The molecule has 2 saturated heterocycles. The van der Waals surface area contributed by atoms with E-state index in [1.165, 1.54) is 36.3 Å². The number of non-ortho nitro benzene ring substituents is 1. The first-order chi connectivity index (χ1) is 23.7. The van der Waals surface area contributed by atoms with Crippen LogP contribution in [0.2, 0.25) is 0 Å². The van der Waals surface area contributed by atoms with Crippen molar-refractivity contribution < 1.29 is 38.3 Å². The average molecular weight is 682 g/mol. The Kier molecular flexibility index (Phi) is 9.47. The van der Waals surface area contributed by atoms with Gasteiger partial charge in [0.15, 0.2) is 17.3 Å². The van der Waals surface area contributed by atoms with E-state index in [0.29, 0.717) is 16.7 Å². The molecular formula is C36H31N3O9S. The van der Waals surface area contributed by atoms with E-state index >= 15 is 0 Å². The molecule has 4 aromatic rings. The summed E-state index contributed by atoms with van der Waals surface area (Å²) in [5, 5.41) is 12.6. The van der Waals surface area contributed by atoms with E-state index in [1.54, 1.807) is 30.3 Å². The number of carbonyl (C=O) groups excluding carboxylic acids is 4. The lowest BCUT2D eigenvalue weighted by atomic mass is 9.79. The number of ketones is 1. The van der Waals surface area contributed by atoms with Gasteiger partial charge in [0.25, 0.3) is 17.3 Å². The molecule has 0 saturated carbocycles. The third kappa shape index (κ3) is 6.37. The van der Waals surface area contributed by atoms with Gasteiger partial charge in [0.05, 0.1) is 4.92 Å². The fourth-order valence-corrected chi connectivity index (χ4v) is 7.55. The van der Waals surface area contributed by atoms with Crippen LogP contribution in [0.5, 0.6) is 0 Å². The molecule has 2 unspecified atom stereocenters. The standard InChI is InChI=1S/C36H31N3O9S/c1-46-36(37-34(43)47-21-24-17-19-28(20-18-24)39(44)45)31(41)38-22-35(23-49-32(36)38,30(40)27-15-9-4-10-16-27)33(42)48-29(25-11-5-2-6-12-25)26-13-7-3-8-14-26/h2-20,29,32H,21-23H2,1H3,(H,37,43)/t32-,35?,36?/m1/s1. The fourth-order valence-electron chi connectivity index (χ4n) is 5.93. The molecule has 2 fully saturated rings. The molecule has 4 aromatic carbocycles. The minimum absolute atomic E-state index is 0.0745.